The van der Waals surface area contributed by atoms with Crippen molar-refractivity contribution in [2.24, 2.45) is 0 Å². The molecule has 0 aliphatic carbocycles. The number of nitrogen functional groups attached to an aromatic ring is 1. The predicted molar refractivity (Wildman–Crippen MR) is 76.4 cm³/mol. The molecule has 0 aliphatic rings. The van der Waals surface area contributed by atoms with Crippen LogP contribution in [0, 0.1) is 0 Å². The number of nitrogens with zero attached hydrogens (tertiary/aromatic N) is 2. The topological polar surface area (TPSA) is 112 Å². The van der Waals surface area contributed by atoms with Crippen LogP contribution >= 0.6 is 0 Å². The van der Waals surface area contributed by atoms with E-state index in [0.29, 0.717) is 17.8 Å². The number of nitrogens with two attached hydrogens (primary N) is 1. The molecule has 1 aromatic carbocycles. The van der Waals surface area contributed by atoms with Gasteiger partial charge in [-0.05, 0) is 18.6 Å². The Morgan fingerprint density at radius 1 is 1.40 bits per heavy atom. The third-order valence-corrected chi connectivity index (χ3v) is 3.18. The molecule has 5 N–H and O–H groups in total. The molecule has 0 atom stereocenters. The second-order valence-corrected chi connectivity index (χ2v) is 4.41. The molecule has 7 heteroatoms. The van der Waals surface area contributed by atoms with Crippen LogP contribution in [0.2, 0.25) is 0 Å². The molecule has 3 aromatic rings. The molecule has 0 fully saturated rings. The minimum atomic E-state index is -0.341. The molecule has 0 saturated heterocycles. The van der Waals surface area contributed by atoms with E-state index in [9.17, 15) is 4.79 Å². The first kappa shape index (κ1) is 12.2. The van der Waals surface area contributed by atoms with Crippen LogP contribution in [0.4, 0.5) is 11.4 Å². The summed E-state index contributed by atoms with van der Waals surface area (Å²) in [5.41, 5.74) is 8.77. The normalized spacial score (nSPS) is 10.8. The van der Waals surface area contributed by atoms with Gasteiger partial charge in [-0.1, -0.05) is 13.0 Å². The maximum atomic E-state index is 12.2. The molecule has 3 rings (SSSR count). The lowest BCUT2D eigenvalue weighted by molar-refractivity contribution is 0.102. The van der Waals surface area contributed by atoms with Crippen molar-refractivity contribution in [3.63, 3.8) is 0 Å². The molecule has 102 valence electrons. The van der Waals surface area contributed by atoms with Gasteiger partial charge in [0.25, 0.3) is 5.91 Å². The first-order valence-corrected chi connectivity index (χ1v) is 6.27. The summed E-state index contributed by atoms with van der Waals surface area (Å²) in [4.78, 5) is 12.2. The highest BCUT2D eigenvalue weighted by Gasteiger charge is 2.17. The van der Waals surface area contributed by atoms with Gasteiger partial charge >= 0.3 is 0 Å². The largest absolute Gasteiger partial charge is 0.395 e. The number of benzene rings is 1. The quantitative estimate of drug-likeness (QED) is 0.580. The van der Waals surface area contributed by atoms with Gasteiger partial charge in [0.1, 0.15) is 0 Å². The van der Waals surface area contributed by atoms with Gasteiger partial charge in [0.2, 0.25) is 0 Å². The zero-order valence-electron chi connectivity index (χ0n) is 10.9. The summed E-state index contributed by atoms with van der Waals surface area (Å²) in [5.74, 6) is -0.341. The second-order valence-electron chi connectivity index (χ2n) is 4.41. The number of aromatic amines is 2. The van der Waals surface area contributed by atoms with Crippen molar-refractivity contribution in [3.8, 4) is 0 Å². The summed E-state index contributed by atoms with van der Waals surface area (Å²) in [6, 6.07) is 5.52. The van der Waals surface area contributed by atoms with E-state index in [0.717, 1.165) is 16.6 Å². The summed E-state index contributed by atoms with van der Waals surface area (Å²) in [6.45, 7) is 1.94. The Morgan fingerprint density at radius 3 is 3.00 bits per heavy atom. The van der Waals surface area contributed by atoms with Crippen molar-refractivity contribution in [1.29, 1.82) is 0 Å². The molecule has 20 heavy (non-hydrogen) atoms. The maximum absolute atomic E-state index is 12.2. The molecule has 2 heterocycles. The third-order valence-electron chi connectivity index (χ3n) is 3.18. The minimum absolute atomic E-state index is 0.211. The predicted octanol–water partition coefficient (Wildman–Crippen LogP) is 1.68. The number of anilines is 2. The van der Waals surface area contributed by atoms with Crippen molar-refractivity contribution in [1.82, 2.24) is 20.4 Å². The lowest BCUT2D eigenvalue weighted by Crippen LogP contribution is -2.14. The van der Waals surface area contributed by atoms with E-state index in [2.05, 4.69) is 25.7 Å². The Labute approximate surface area is 114 Å². The molecule has 1 amide bonds. The number of carbonyl (C=O) groups is 1. The highest BCUT2D eigenvalue weighted by Crippen LogP contribution is 2.22. The first-order chi connectivity index (χ1) is 9.70. The molecule has 0 aliphatic heterocycles. The number of hydrogen-bond donors (Lipinski definition) is 4. The summed E-state index contributed by atoms with van der Waals surface area (Å²) >= 11 is 0. The number of aromatic nitrogens is 4. The van der Waals surface area contributed by atoms with Crippen molar-refractivity contribution in [2.45, 2.75) is 13.3 Å². The molecule has 0 radical (unpaired) electrons. The Hall–Kier alpha value is -2.83. The van der Waals surface area contributed by atoms with Crippen LogP contribution in [0.5, 0.6) is 0 Å². The number of fused-ring (bicyclic) bond motifs is 1. The monoisotopic (exact) mass is 270 g/mol. The Bertz CT molecular complexity index is 772. The zero-order valence-corrected chi connectivity index (χ0v) is 10.9. The second kappa shape index (κ2) is 4.69. The number of carbonyl (C=O) groups excluding carboxylic acids is 1. The summed E-state index contributed by atoms with van der Waals surface area (Å²) < 4.78 is 0. The fraction of sp³-hybridized carbons (Fsp3) is 0.154. The smallest absolute Gasteiger partial charge is 0.278 e. The zero-order chi connectivity index (χ0) is 14.1. The van der Waals surface area contributed by atoms with Crippen molar-refractivity contribution in [3.05, 3.63) is 35.8 Å². The van der Waals surface area contributed by atoms with Gasteiger partial charge < -0.3 is 11.1 Å². The Kier molecular flexibility index (Phi) is 2.86. The number of aryl methyl sites for hydroxylation is 1. The van der Waals surface area contributed by atoms with Gasteiger partial charge in [-0.15, -0.1) is 0 Å². The molecule has 0 saturated carbocycles. The molecule has 0 bridgehead atoms. The van der Waals surface area contributed by atoms with E-state index in [-0.39, 0.29) is 11.6 Å². The molecular formula is C13H14N6O. The molecule has 2 aromatic heterocycles. The SMILES string of the molecule is CCc1[nH]nc(C(=O)Nc2cccc3[nH]ncc23)c1N. The van der Waals surface area contributed by atoms with Crippen LogP contribution in [0.25, 0.3) is 10.9 Å². The third kappa shape index (κ3) is 1.89. The van der Waals surface area contributed by atoms with Gasteiger partial charge in [0.05, 0.1) is 28.8 Å². The van der Waals surface area contributed by atoms with Crippen LogP contribution in [0.3, 0.4) is 0 Å². The van der Waals surface area contributed by atoms with Gasteiger partial charge in [0.15, 0.2) is 5.69 Å². The van der Waals surface area contributed by atoms with Crippen molar-refractivity contribution in [2.75, 3.05) is 11.1 Å². The van der Waals surface area contributed by atoms with Gasteiger partial charge in [0, 0.05) is 5.39 Å². The van der Waals surface area contributed by atoms with E-state index >= 15 is 0 Å². The number of H-pyrrole nitrogens is 2. The summed E-state index contributed by atoms with van der Waals surface area (Å²) in [5, 5.41) is 17.2. The van der Waals surface area contributed by atoms with Gasteiger partial charge in [-0.2, -0.15) is 10.2 Å². The lowest BCUT2D eigenvalue weighted by atomic mass is 10.2. The number of nitrogens with one attached hydrogen (secondary N) is 3. The average molecular weight is 270 g/mol. The highest BCUT2D eigenvalue weighted by molar-refractivity contribution is 6.10. The number of rotatable bonds is 3. The van der Waals surface area contributed by atoms with Crippen LogP contribution in [0.1, 0.15) is 23.1 Å². The van der Waals surface area contributed by atoms with Crippen LogP contribution in [-0.4, -0.2) is 26.3 Å². The summed E-state index contributed by atoms with van der Waals surface area (Å²) in [7, 11) is 0. The Morgan fingerprint density at radius 2 is 2.25 bits per heavy atom. The van der Waals surface area contributed by atoms with Gasteiger partial charge in [-0.3, -0.25) is 15.0 Å². The van der Waals surface area contributed by atoms with Crippen LogP contribution in [0.15, 0.2) is 24.4 Å². The number of amides is 1. The molecule has 7 nitrogen and oxygen atoms in total. The fourth-order valence-electron chi connectivity index (χ4n) is 2.09. The lowest BCUT2D eigenvalue weighted by Gasteiger charge is -2.05. The maximum Gasteiger partial charge on any atom is 0.278 e. The standard InChI is InChI=1S/C13H14N6O/c1-2-8-11(14)12(19-18-8)13(20)16-9-4-3-5-10-7(9)6-15-17-10/h3-6H,2,14H2,1H3,(H,15,17)(H,16,20)(H,18,19). The average Bonchev–Trinajstić information content (AvgIpc) is 3.05. The molecular weight excluding hydrogens is 256 g/mol. The van der Waals surface area contributed by atoms with E-state index in [1.807, 2.05) is 19.1 Å². The van der Waals surface area contributed by atoms with E-state index in [4.69, 9.17) is 5.73 Å². The van der Waals surface area contributed by atoms with E-state index in [1.54, 1.807) is 12.3 Å². The van der Waals surface area contributed by atoms with Crippen molar-refractivity contribution >= 4 is 28.2 Å². The molecule has 0 unspecified atom stereocenters. The summed E-state index contributed by atoms with van der Waals surface area (Å²) in [6.07, 6.45) is 2.36. The fourth-order valence-corrected chi connectivity index (χ4v) is 2.09. The van der Waals surface area contributed by atoms with E-state index in [1.165, 1.54) is 0 Å². The van der Waals surface area contributed by atoms with Crippen LogP contribution in [-0.2, 0) is 6.42 Å². The van der Waals surface area contributed by atoms with Crippen LogP contribution < -0.4 is 11.1 Å². The Balaban J connectivity index is 1.92. The minimum Gasteiger partial charge on any atom is -0.395 e. The number of hydrogen-bond acceptors (Lipinski definition) is 4. The van der Waals surface area contributed by atoms with Crippen molar-refractivity contribution < 1.29 is 4.79 Å². The first-order valence-electron chi connectivity index (χ1n) is 6.27. The molecule has 0 spiro atoms. The highest BCUT2D eigenvalue weighted by atomic mass is 16.2. The van der Waals surface area contributed by atoms with Gasteiger partial charge in [-0.25, -0.2) is 0 Å². The van der Waals surface area contributed by atoms with E-state index < -0.39 is 0 Å².